The fraction of sp³-hybridized carbons (Fsp3) is 0.385. The first-order chi connectivity index (χ1) is 9.09. The van der Waals surface area contributed by atoms with E-state index in [1.807, 2.05) is 18.2 Å². The number of para-hydroxylation sites is 2. The molecule has 2 aromatic rings. The van der Waals surface area contributed by atoms with E-state index in [-0.39, 0.29) is 11.7 Å². The Morgan fingerprint density at radius 1 is 1.47 bits per heavy atom. The molecule has 0 aliphatic carbocycles. The van der Waals surface area contributed by atoms with Crippen molar-refractivity contribution in [2.45, 2.75) is 13.5 Å². The van der Waals surface area contributed by atoms with Gasteiger partial charge in [0.1, 0.15) is 0 Å². The summed E-state index contributed by atoms with van der Waals surface area (Å²) in [6, 6.07) is 7.27. The highest BCUT2D eigenvalue weighted by atomic mass is 32.2. The molecule has 1 unspecified atom stereocenters. The molecule has 0 aliphatic heterocycles. The zero-order chi connectivity index (χ0) is 13.8. The number of carboxylic acids is 1. The smallest absolute Gasteiger partial charge is 0.419 e. The minimum atomic E-state index is -0.793. The lowest BCUT2D eigenvalue weighted by Crippen LogP contribution is -2.17. The van der Waals surface area contributed by atoms with Gasteiger partial charge in [0, 0.05) is 18.1 Å². The van der Waals surface area contributed by atoms with Gasteiger partial charge in [0.25, 0.3) is 0 Å². The van der Waals surface area contributed by atoms with Crippen molar-refractivity contribution >= 4 is 28.8 Å². The molecule has 0 spiro atoms. The Morgan fingerprint density at radius 3 is 2.95 bits per heavy atom. The quantitative estimate of drug-likeness (QED) is 0.820. The number of fused-ring (bicyclic) bond motifs is 1. The number of carbonyl (C=O) groups is 1. The van der Waals surface area contributed by atoms with Gasteiger partial charge in [0.15, 0.2) is 5.58 Å². The molecule has 0 radical (unpaired) electrons. The van der Waals surface area contributed by atoms with Crippen molar-refractivity contribution in [2.24, 2.45) is 5.92 Å². The molecule has 1 N–H and O–H groups in total. The third-order valence-electron chi connectivity index (χ3n) is 2.82. The number of rotatable bonds is 6. The van der Waals surface area contributed by atoms with Crippen molar-refractivity contribution in [3.8, 4) is 0 Å². The zero-order valence-electron chi connectivity index (χ0n) is 10.5. The average molecular weight is 281 g/mol. The van der Waals surface area contributed by atoms with Crippen molar-refractivity contribution in [3.63, 3.8) is 0 Å². The molecule has 19 heavy (non-hydrogen) atoms. The summed E-state index contributed by atoms with van der Waals surface area (Å²) in [5.41, 5.74) is 1.36. The van der Waals surface area contributed by atoms with Gasteiger partial charge in [-0.1, -0.05) is 19.1 Å². The van der Waals surface area contributed by atoms with Crippen molar-refractivity contribution in [2.75, 3.05) is 11.5 Å². The molecule has 102 valence electrons. The van der Waals surface area contributed by atoms with Crippen molar-refractivity contribution < 1.29 is 14.3 Å². The molecule has 0 amide bonds. The first-order valence-corrected chi connectivity index (χ1v) is 7.14. The predicted molar refractivity (Wildman–Crippen MR) is 74.6 cm³/mol. The molecule has 1 aromatic heterocycles. The summed E-state index contributed by atoms with van der Waals surface area (Å²) >= 11 is 1.52. The Balaban J connectivity index is 1.97. The summed E-state index contributed by atoms with van der Waals surface area (Å²) in [4.78, 5) is 22.3. The minimum Gasteiger partial charge on any atom is -0.481 e. The molecular formula is C13H15NO4S. The molecule has 2 rings (SSSR count). The third-order valence-corrected chi connectivity index (χ3v) is 4.03. The van der Waals surface area contributed by atoms with E-state index in [0.29, 0.717) is 23.6 Å². The maximum atomic E-state index is 11.7. The lowest BCUT2D eigenvalue weighted by atomic mass is 10.2. The monoisotopic (exact) mass is 281 g/mol. The van der Waals surface area contributed by atoms with Crippen LogP contribution in [0.5, 0.6) is 0 Å². The molecule has 0 saturated heterocycles. The molecule has 0 bridgehead atoms. The van der Waals surface area contributed by atoms with Crippen LogP contribution in [0.3, 0.4) is 0 Å². The van der Waals surface area contributed by atoms with Crippen LogP contribution in [-0.2, 0) is 11.3 Å². The van der Waals surface area contributed by atoms with Crippen LogP contribution in [0.25, 0.3) is 11.1 Å². The van der Waals surface area contributed by atoms with Crippen LogP contribution in [0.2, 0.25) is 0 Å². The zero-order valence-corrected chi connectivity index (χ0v) is 11.4. The summed E-state index contributed by atoms with van der Waals surface area (Å²) in [5.74, 6) is -0.310. The van der Waals surface area contributed by atoms with Crippen LogP contribution >= 0.6 is 11.8 Å². The van der Waals surface area contributed by atoms with Gasteiger partial charge in [0.2, 0.25) is 0 Å². The standard InChI is InChI=1S/C13H15NO4S/c1-9(12(15)16)8-19-7-6-14-10-4-2-3-5-11(10)18-13(14)17/h2-5,9H,6-8H2,1H3,(H,15,16). The van der Waals surface area contributed by atoms with Gasteiger partial charge in [-0.15, -0.1) is 0 Å². The van der Waals surface area contributed by atoms with Gasteiger partial charge < -0.3 is 9.52 Å². The second-order valence-corrected chi connectivity index (χ2v) is 5.45. The number of aryl methyl sites for hydroxylation is 1. The van der Waals surface area contributed by atoms with Crippen LogP contribution in [0.4, 0.5) is 0 Å². The Kier molecular flexibility index (Phi) is 4.31. The van der Waals surface area contributed by atoms with E-state index < -0.39 is 5.97 Å². The number of hydrogen-bond donors (Lipinski definition) is 1. The third kappa shape index (κ3) is 3.20. The lowest BCUT2D eigenvalue weighted by molar-refractivity contribution is -0.140. The van der Waals surface area contributed by atoms with Gasteiger partial charge in [-0.05, 0) is 12.1 Å². The highest BCUT2D eigenvalue weighted by molar-refractivity contribution is 7.99. The Bertz CT molecular complexity index is 631. The van der Waals surface area contributed by atoms with E-state index in [0.717, 1.165) is 5.52 Å². The number of carboxylic acid groups (broad SMARTS) is 1. The number of aromatic nitrogens is 1. The van der Waals surface area contributed by atoms with Gasteiger partial charge in [-0.3, -0.25) is 9.36 Å². The average Bonchev–Trinajstić information content (AvgIpc) is 2.70. The van der Waals surface area contributed by atoms with E-state index in [4.69, 9.17) is 9.52 Å². The minimum absolute atomic E-state index is 0.368. The second-order valence-electron chi connectivity index (χ2n) is 4.30. The van der Waals surface area contributed by atoms with E-state index in [9.17, 15) is 9.59 Å². The van der Waals surface area contributed by atoms with Gasteiger partial charge in [0.05, 0.1) is 11.4 Å². The van der Waals surface area contributed by atoms with Gasteiger partial charge in [-0.2, -0.15) is 11.8 Å². The Labute approximate surface area is 114 Å². The van der Waals surface area contributed by atoms with E-state index in [2.05, 4.69) is 0 Å². The second kappa shape index (κ2) is 5.97. The first kappa shape index (κ1) is 13.7. The van der Waals surface area contributed by atoms with E-state index in [1.54, 1.807) is 17.6 Å². The number of thioether (sulfide) groups is 1. The van der Waals surface area contributed by atoms with Gasteiger partial charge in [-0.25, -0.2) is 4.79 Å². The fourth-order valence-corrected chi connectivity index (χ4v) is 2.69. The normalized spacial score (nSPS) is 12.7. The van der Waals surface area contributed by atoms with E-state index >= 15 is 0 Å². The lowest BCUT2D eigenvalue weighted by Gasteiger charge is -2.06. The molecular weight excluding hydrogens is 266 g/mol. The largest absolute Gasteiger partial charge is 0.481 e. The summed E-state index contributed by atoms with van der Waals surface area (Å²) < 4.78 is 6.70. The van der Waals surface area contributed by atoms with Gasteiger partial charge >= 0.3 is 11.7 Å². The SMILES string of the molecule is CC(CSCCn1c(=O)oc2ccccc21)C(=O)O. The van der Waals surface area contributed by atoms with Crippen LogP contribution in [0.1, 0.15) is 6.92 Å². The number of oxazole rings is 1. The summed E-state index contributed by atoms with van der Waals surface area (Å²) in [5, 5.41) is 8.77. The highest BCUT2D eigenvalue weighted by Gasteiger charge is 2.11. The molecule has 1 heterocycles. The van der Waals surface area contributed by atoms with Crippen molar-refractivity contribution in [1.82, 2.24) is 4.57 Å². The molecule has 0 aliphatic rings. The maximum Gasteiger partial charge on any atom is 0.419 e. The summed E-state index contributed by atoms with van der Waals surface area (Å²) in [6.45, 7) is 2.20. The number of aliphatic carboxylic acids is 1. The predicted octanol–water partition coefficient (Wildman–Crippen LogP) is 2.05. The van der Waals surface area contributed by atoms with Crippen LogP contribution in [0.15, 0.2) is 33.5 Å². The van der Waals surface area contributed by atoms with Crippen LogP contribution < -0.4 is 5.76 Å². The molecule has 1 atom stereocenters. The molecule has 1 aromatic carbocycles. The Hall–Kier alpha value is -1.69. The molecule has 5 nitrogen and oxygen atoms in total. The Morgan fingerprint density at radius 2 is 2.21 bits per heavy atom. The van der Waals surface area contributed by atoms with E-state index in [1.165, 1.54) is 11.8 Å². The van der Waals surface area contributed by atoms with Crippen LogP contribution in [-0.4, -0.2) is 27.1 Å². The fourth-order valence-electron chi connectivity index (χ4n) is 1.71. The molecule has 6 heteroatoms. The highest BCUT2D eigenvalue weighted by Crippen LogP contribution is 2.14. The molecule has 0 fully saturated rings. The first-order valence-electron chi connectivity index (χ1n) is 5.98. The summed E-state index contributed by atoms with van der Waals surface area (Å²) in [6.07, 6.45) is 0. The number of nitrogens with zero attached hydrogens (tertiary/aromatic N) is 1. The van der Waals surface area contributed by atoms with Crippen molar-refractivity contribution in [1.29, 1.82) is 0 Å². The summed E-state index contributed by atoms with van der Waals surface area (Å²) in [7, 11) is 0. The maximum absolute atomic E-state index is 11.7. The van der Waals surface area contributed by atoms with Crippen molar-refractivity contribution in [3.05, 3.63) is 34.8 Å². The number of benzene rings is 1. The molecule has 0 saturated carbocycles. The number of hydrogen-bond acceptors (Lipinski definition) is 4. The topological polar surface area (TPSA) is 72.4 Å². The van der Waals surface area contributed by atoms with Crippen LogP contribution in [0, 0.1) is 5.92 Å².